The quantitative estimate of drug-likeness (QED) is 0.390. The Balaban J connectivity index is 1.71. The molecule has 4 rings (SSSR count). The van der Waals surface area contributed by atoms with Crippen LogP contribution in [0.15, 0.2) is 63.3 Å². The van der Waals surface area contributed by atoms with Gasteiger partial charge in [-0.2, -0.15) is 4.98 Å². The number of benzene rings is 2. The van der Waals surface area contributed by atoms with E-state index < -0.39 is 10.0 Å². The van der Waals surface area contributed by atoms with E-state index >= 15 is 0 Å². The number of hydrogen-bond acceptors (Lipinski definition) is 6. The van der Waals surface area contributed by atoms with Crippen LogP contribution < -0.4 is 4.31 Å². The Morgan fingerprint density at radius 1 is 1.10 bits per heavy atom. The van der Waals surface area contributed by atoms with Gasteiger partial charge in [-0.1, -0.05) is 46.6 Å². The molecular formula is C21H18ClN3O3S2. The molecule has 0 bridgehead atoms. The van der Waals surface area contributed by atoms with Gasteiger partial charge in [-0.05, 0) is 49.1 Å². The van der Waals surface area contributed by atoms with Crippen molar-refractivity contribution in [2.24, 2.45) is 0 Å². The van der Waals surface area contributed by atoms with Crippen LogP contribution in [0.1, 0.15) is 11.1 Å². The number of hydrogen-bond donors (Lipinski definition) is 0. The number of halogens is 1. The lowest BCUT2D eigenvalue weighted by atomic mass is 10.1. The average molecular weight is 460 g/mol. The fraction of sp³-hybridized carbons (Fsp3) is 0.143. The van der Waals surface area contributed by atoms with Crippen molar-refractivity contribution in [3.63, 3.8) is 0 Å². The summed E-state index contributed by atoms with van der Waals surface area (Å²) in [5.41, 5.74) is 3.21. The van der Waals surface area contributed by atoms with Crippen LogP contribution in [0, 0.1) is 13.8 Å². The highest BCUT2D eigenvalue weighted by atomic mass is 35.5. The van der Waals surface area contributed by atoms with E-state index in [0.29, 0.717) is 21.4 Å². The van der Waals surface area contributed by atoms with Crippen molar-refractivity contribution < 1.29 is 12.9 Å². The van der Waals surface area contributed by atoms with E-state index in [2.05, 4.69) is 10.1 Å². The van der Waals surface area contributed by atoms with Crippen LogP contribution in [-0.4, -0.2) is 25.6 Å². The maximum absolute atomic E-state index is 13.3. The first-order valence-corrected chi connectivity index (χ1v) is 11.7. The third kappa shape index (κ3) is 3.74. The van der Waals surface area contributed by atoms with Gasteiger partial charge in [-0.25, -0.2) is 8.42 Å². The summed E-state index contributed by atoms with van der Waals surface area (Å²) in [7, 11) is -2.37. The minimum absolute atomic E-state index is 0.103. The molecule has 0 saturated carbocycles. The Hall–Kier alpha value is -2.68. The van der Waals surface area contributed by atoms with Crippen molar-refractivity contribution in [1.82, 2.24) is 10.1 Å². The number of nitrogens with zero attached hydrogens (tertiary/aromatic N) is 3. The van der Waals surface area contributed by atoms with E-state index in [4.69, 9.17) is 16.1 Å². The summed E-state index contributed by atoms with van der Waals surface area (Å²) < 4.78 is 33.2. The lowest BCUT2D eigenvalue weighted by molar-refractivity contribution is 0.432. The summed E-state index contributed by atoms with van der Waals surface area (Å²) in [5, 5.41) is 6.21. The van der Waals surface area contributed by atoms with E-state index in [0.717, 1.165) is 16.7 Å². The van der Waals surface area contributed by atoms with E-state index in [9.17, 15) is 8.42 Å². The third-order valence-electron chi connectivity index (χ3n) is 4.68. The van der Waals surface area contributed by atoms with Crippen LogP contribution in [0.5, 0.6) is 0 Å². The molecule has 0 atom stereocenters. The molecule has 4 aromatic rings. The topological polar surface area (TPSA) is 76.3 Å². The molecule has 0 saturated heterocycles. The minimum atomic E-state index is -3.86. The first-order chi connectivity index (χ1) is 14.3. The first-order valence-electron chi connectivity index (χ1n) is 9.01. The molecule has 0 spiro atoms. The Labute approximate surface area is 183 Å². The predicted octanol–water partition coefficient (Wildman–Crippen LogP) is 5.56. The molecule has 0 radical (unpaired) electrons. The summed E-state index contributed by atoms with van der Waals surface area (Å²) in [6.45, 7) is 3.83. The molecule has 6 nitrogen and oxygen atoms in total. The fourth-order valence-electron chi connectivity index (χ4n) is 2.94. The molecule has 30 heavy (non-hydrogen) atoms. The van der Waals surface area contributed by atoms with Crippen LogP contribution >= 0.6 is 22.9 Å². The number of aryl methyl sites for hydroxylation is 2. The standard InChI is InChI=1S/C21H18ClN3O3S2/c1-13-5-4-6-15(11-13)20-23-21(28-24-20)19-18(9-10-29-19)30(26,27)25(3)16-8-7-14(2)17(22)12-16/h4-12H,1-3H3. The number of thiophene rings is 1. The molecule has 0 aliphatic rings. The summed E-state index contributed by atoms with van der Waals surface area (Å²) >= 11 is 7.41. The van der Waals surface area contributed by atoms with Crippen LogP contribution in [0.3, 0.4) is 0 Å². The highest BCUT2D eigenvalue weighted by Gasteiger charge is 2.29. The number of rotatable bonds is 5. The smallest absolute Gasteiger partial charge is 0.269 e. The van der Waals surface area contributed by atoms with E-state index in [-0.39, 0.29) is 10.8 Å². The Morgan fingerprint density at radius 3 is 2.63 bits per heavy atom. The van der Waals surface area contributed by atoms with Gasteiger partial charge in [-0.3, -0.25) is 4.31 Å². The summed E-state index contributed by atoms with van der Waals surface area (Å²) in [4.78, 5) is 4.92. The zero-order valence-corrected chi connectivity index (χ0v) is 18.8. The molecule has 2 heterocycles. The highest BCUT2D eigenvalue weighted by Crippen LogP contribution is 2.36. The second kappa shape index (κ2) is 7.86. The molecular weight excluding hydrogens is 442 g/mol. The zero-order chi connectivity index (χ0) is 21.5. The van der Waals surface area contributed by atoms with Gasteiger partial charge >= 0.3 is 0 Å². The molecule has 0 aliphatic carbocycles. The van der Waals surface area contributed by atoms with E-state index in [1.165, 1.54) is 28.8 Å². The number of aromatic nitrogens is 2. The molecule has 0 aliphatic heterocycles. The maximum atomic E-state index is 13.3. The summed E-state index contributed by atoms with van der Waals surface area (Å²) in [5.74, 6) is 0.569. The van der Waals surface area contributed by atoms with Crippen molar-refractivity contribution in [2.45, 2.75) is 18.7 Å². The molecule has 0 fully saturated rings. The highest BCUT2D eigenvalue weighted by molar-refractivity contribution is 7.93. The molecule has 0 amide bonds. The van der Waals surface area contributed by atoms with Gasteiger partial charge in [0, 0.05) is 17.6 Å². The predicted molar refractivity (Wildman–Crippen MR) is 120 cm³/mol. The van der Waals surface area contributed by atoms with Crippen LogP contribution in [0.25, 0.3) is 22.2 Å². The third-order valence-corrected chi connectivity index (χ3v) is 7.95. The van der Waals surface area contributed by atoms with Crippen molar-refractivity contribution in [1.29, 1.82) is 0 Å². The van der Waals surface area contributed by atoms with E-state index in [1.807, 2.05) is 38.1 Å². The molecule has 0 unspecified atom stereocenters. The van der Waals surface area contributed by atoms with Gasteiger partial charge in [0.15, 0.2) is 0 Å². The average Bonchev–Trinajstić information content (AvgIpc) is 3.39. The number of sulfonamides is 1. The van der Waals surface area contributed by atoms with Crippen LogP contribution in [0.4, 0.5) is 5.69 Å². The van der Waals surface area contributed by atoms with Gasteiger partial charge < -0.3 is 4.52 Å². The van der Waals surface area contributed by atoms with Gasteiger partial charge in [0.05, 0.1) is 5.69 Å². The number of anilines is 1. The zero-order valence-electron chi connectivity index (χ0n) is 16.5. The lowest BCUT2D eigenvalue weighted by Crippen LogP contribution is -2.26. The largest absolute Gasteiger partial charge is 0.333 e. The second-order valence-electron chi connectivity index (χ2n) is 6.81. The van der Waals surface area contributed by atoms with Crippen molar-refractivity contribution in [2.75, 3.05) is 11.4 Å². The molecule has 2 aromatic heterocycles. The summed E-state index contributed by atoms with van der Waals surface area (Å²) in [6, 6.07) is 14.4. The molecule has 0 N–H and O–H groups in total. The Morgan fingerprint density at radius 2 is 1.90 bits per heavy atom. The second-order valence-corrected chi connectivity index (χ2v) is 10.1. The van der Waals surface area contributed by atoms with Crippen molar-refractivity contribution in [3.05, 3.63) is 70.1 Å². The van der Waals surface area contributed by atoms with Gasteiger partial charge in [-0.15, -0.1) is 11.3 Å². The fourth-order valence-corrected chi connectivity index (χ4v) is 5.61. The van der Waals surface area contributed by atoms with Gasteiger partial charge in [0.1, 0.15) is 9.77 Å². The van der Waals surface area contributed by atoms with Crippen molar-refractivity contribution in [3.8, 4) is 22.2 Å². The molecule has 2 aromatic carbocycles. The maximum Gasteiger partial charge on any atom is 0.269 e. The van der Waals surface area contributed by atoms with E-state index in [1.54, 1.807) is 23.6 Å². The normalized spacial score (nSPS) is 11.6. The lowest BCUT2D eigenvalue weighted by Gasteiger charge is -2.20. The van der Waals surface area contributed by atoms with Gasteiger partial charge in [0.25, 0.3) is 15.9 Å². The Kier molecular flexibility index (Phi) is 5.40. The monoisotopic (exact) mass is 459 g/mol. The summed E-state index contributed by atoms with van der Waals surface area (Å²) in [6.07, 6.45) is 0. The minimum Gasteiger partial charge on any atom is -0.333 e. The first kappa shape index (κ1) is 20.6. The van der Waals surface area contributed by atoms with Gasteiger partial charge in [0.2, 0.25) is 5.82 Å². The molecule has 154 valence electrons. The van der Waals surface area contributed by atoms with Crippen LogP contribution in [-0.2, 0) is 10.0 Å². The SMILES string of the molecule is Cc1cccc(-c2noc(-c3sccc3S(=O)(=O)N(C)c3ccc(C)c(Cl)c3)n2)c1. The Bertz CT molecular complexity index is 1330. The molecule has 9 heteroatoms. The van der Waals surface area contributed by atoms with Crippen LogP contribution in [0.2, 0.25) is 5.02 Å². The van der Waals surface area contributed by atoms with Crippen molar-refractivity contribution >= 4 is 38.6 Å².